The summed E-state index contributed by atoms with van der Waals surface area (Å²) in [5.41, 5.74) is 8.05. The molecule has 1 saturated heterocycles. The number of carbonyl (C=O) groups excluding carboxylic acids is 1. The van der Waals surface area contributed by atoms with Crippen molar-refractivity contribution >= 4 is 11.6 Å². The molecule has 19 heavy (non-hydrogen) atoms. The van der Waals surface area contributed by atoms with Crippen molar-refractivity contribution in [2.45, 2.75) is 32.7 Å². The van der Waals surface area contributed by atoms with Crippen LogP contribution in [0.25, 0.3) is 0 Å². The molecule has 1 unspecified atom stereocenters. The standard InChI is InChI=1S/C15H23N3O/c1-11-6-5-7-13(14(11)16)15(19)17-12(2)10-18-8-3-4-9-18/h5-7,12H,3-4,8-10,16H2,1-2H3,(H,17,19). The second-order valence-electron chi connectivity index (χ2n) is 5.42. The third-order valence-electron chi connectivity index (χ3n) is 3.68. The highest BCUT2D eigenvalue weighted by molar-refractivity contribution is 5.99. The first-order valence-corrected chi connectivity index (χ1v) is 6.96. The number of nitrogen functional groups attached to an aromatic ring is 1. The third-order valence-corrected chi connectivity index (χ3v) is 3.68. The first kappa shape index (κ1) is 13.9. The van der Waals surface area contributed by atoms with Gasteiger partial charge >= 0.3 is 0 Å². The molecule has 2 rings (SSSR count). The predicted molar refractivity (Wildman–Crippen MR) is 78.2 cm³/mol. The number of benzene rings is 1. The molecule has 3 N–H and O–H groups in total. The zero-order valence-corrected chi connectivity index (χ0v) is 11.8. The molecule has 1 atom stereocenters. The van der Waals surface area contributed by atoms with Crippen LogP contribution in [0.1, 0.15) is 35.7 Å². The molecule has 4 heteroatoms. The average Bonchev–Trinajstić information content (AvgIpc) is 2.85. The van der Waals surface area contributed by atoms with Crippen LogP contribution >= 0.6 is 0 Å². The van der Waals surface area contributed by atoms with Gasteiger partial charge in [-0.15, -0.1) is 0 Å². The van der Waals surface area contributed by atoms with E-state index in [-0.39, 0.29) is 11.9 Å². The van der Waals surface area contributed by atoms with Gasteiger partial charge in [0.05, 0.1) is 5.56 Å². The monoisotopic (exact) mass is 261 g/mol. The highest BCUT2D eigenvalue weighted by Crippen LogP contribution is 2.16. The van der Waals surface area contributed by atoms with Gasteiger partial charge in [-0.3, -0.25) is 4.79 Å². The van der Waals surface area contributed by atoms with Gasteiger partial charge in [-0.2, -0.15) is 0 Å². The summed E-state index contributed by atoms with van der Waals surface area (Å²) in [7, 11) is 0. The lowest BCUT2D eigenvalue weighted by Crippen LogP contribution is -2.41. The molecule has 1 aromatic rings. The Labute approximate surface area is 115 Å². The number of nitrogens with one attached hydrogen (secondary N) is 1. The Kier molecular flexibility index (Phi) is 4.43. The fourth-order valence-electron chi connectivity index (χ4n) is 2.58. The predicted octanol–water partition coefficient (Wildman–Crippen LogP) is 1.79. The van der Waals surface area contributed by atoms with E-state index in [0.717, 1.165) is 25.2 Å². The van der Waals surface area contributed by atoms with E-state index in [4.69, 9.17) is 5.73 Å². The van der Waals surface area contributed by atoms with Gasteiger partial charge in [0.1, 0.15) is 0 Å². The number of hydrogen-bond acceptors (Lipinski definition) is 3. The fourth-order valence-corrected chi connectivity index (χ4v) is 2.58. The molecule has 0 bridgehead atoms. The first-order valence-electron chi connectivity index (χ1n) is 6.96. The van der Waals surface area contributed by atoms with Crippen LogP contribution in [-0.2, 0) is 0 Å². The smallest absolute Gasteiger partial charge is 0.253 e. The van der Waals surface area contributed by atoms with Crippen molar-refractivity contribution in [1.82, 2.24) is 10.2 Å². The molecule has 0 aliphatic carbocycles. The molecule has 1 aliphatic heterocycles. The fraction of sp³-hybridized carbons (Fsp3) is 0.533. The highest BCUT2D eigenvalue weighted by Gasteiger charge is 2.17. The molecule has 1 aliphatic rings. The summed E-state index contributed by atoms with van der Waals surface area (Å²) >= 11 is 0. The molecule has 104 valence electrons. The van der Waals surface area contributed by atoms with Gasteiger partial charge in [-0.25, -0.2) is 0 Å². The Morgan fingerprint density at radius 1 is 1.42 bits per heavy atom. The van der Waals surface area contributed by atoms with Gasteiger partial charge in [-0.05, 0) is 51.4 Å². The van der Waals surface area contributed by atoms with Crippen LogP contribution in [0, 0.1) is 6.92 Å². The van der Waals surface area contributed by atoms with Gasteiger partial charge < -0.3 is 16.0 Å². The summed E-state index contributed by atoms with van der Waals surface area (Å²) in [6, 6.07) is 5.71. The maximum absolute atomic E-state index is 12.2. The van der Waals surface area contributed by atoms with Crippen LogP contribution in [0.3, 0.4) is 0 Å². The van der Waals surface area contributed by atoms with E-state index in [1.807, 2.05) is 26.0 Å². The molecule has 0 radical (unpaired) electrons. The zero-order chi connectivity index (χ0) is 13.8. The SMILES string of the molecule is Cc1cccc(C(=O)NC(C)CN2CCCC2)c1N. The number of nitrogens with two attached hydrogens (primary N) is 1. The molecule has 0 spiro atoms. The van der Waals surface area contributed by atoms with Crippen LogP contribution in [0.2, 0.25) is 0 Å². The van der Waals surface area contributed by atoms with Crippen molar-refractivity contribution in [3.63, 3.8) is 0 Å². The second kappa shape index (κ2) is 6.06. The Morgan fingerprint density at radius 3 is 2.79 bits per heavy atom. The summed E-state index contributed by atoms with van der Waals surface area (Å²) in [5, 5.41) is 3.03. The number of para-hydroxylation sites is 1. The number of hydrogen-bond donors (Lipinski definition) is 2. The van der Waals surface area contributed by atoms with E-state index >= 15 is 0 Å². The van der Waals surface area contributed by atoms with Gasteiger partial charge in [-0.1, -0.05) is 12.1 Å². The van der Waals surface area contributed by atoms with Gasteiger partial charge in [0, 0.05) is 18.3 Å². The molecule has 1 amide bonds. The molecule has 1 fully saturated rings. The van der Waals surface area contributed by atoms with Gasteiger partial charge in [0.25, 0.3) is 5.91 Å². The Balaban J connectivity index is 1.94. The Morgan fingerprint density at radius 2 is 2.11 bits per heavy atom. The average molecular weight is 261 g/mol. The summed E-state index contributed by atoms with van der Waals surface area (Å²) < 4.78 is 0. The van der Waals surface area contributed by atoms with Crippen LogP contribution in [0.15, 0.2) is 18.2 Å². The van der Waals surface area contributed by atoms with E-state index in [2.05, 4.69) is 10.2 Å². The number of amides is 1. The number of aryl methyl sites for hydroxylation is 1. The summed E-state index contributed by atoms with van der Waals surface area (Å²) in [4.78, 5) is 14.6. The molecule has 0 aromatic heterocycles. The van der Waals surface area contributed by atoms with E-state index < -0.39 is 0 Å². The number of rotatable bonds is 4. The third kappa shape index (κ3) is 3.47. The molecule has 4 nitrogen and oxygen atoms in total. The lowest BCUT2D eigenvalue weighted by atomic mass is 10.1. The largest absolute Gasteiger partial charge is 0.398 e. The van der Waals surface area contributed by atoms with Crippen molar-refractivity contribution in [2.24, 2.45) is 0 Å². The number of nitrogens with zero attached hydrogens (tertiary/aromatic N) is 1. The van der Waals surface area contributed by atoms with E-state index in [0.29, 0.717) is 11.3 Å². The van der Waals surface area contributed by atoms with Crippen LogP contribution in [-0.4, -0.2) is 36.5 Å². The lowest BCUT2D eigenvalue weighted by molar-refractivity contribution is 0.0933. The second-order valence-corrected chi connectivity index (χ2v) is 5.42. The minimum Gasteiger partial charge on any atom is -0.398 e. The van der Waals surface area contributed by atoms with E-state index in [1.165, 1.54) is 12.8 Å². The van der Waals surface area contributed by atoms with Crippen molar-refractivity contribution in [3.8, 4) is 0 Å². The van der Waals surface area contributed by atoms with Crippen molar-refractivity contribution < 1.29 is 4.79 Å². The normalized spacial score (nSPS) is 17.4. The van der Waals surface area contributed by atoms with Crippen molar-refractivity contribution in [2.75, 3.05) is 25.4 Å². The minimum atomic E-state index is -0.0760. The maximum atomic E-state index is 12.2. The van der Waals surface area contributed by atoms with Crippen molar-refractivity contribution in [1.29, 1.82) is 0 Å². The van der Waals surface area contributed by atoms with Crippen LogP contribution in [0.4, 0.5) is 5.69 Å². The zero-order valence-electron chi connectivity index (χ0n) is 11.8. The quantitative estimate of drug-likeness (QED) is 0.812. The molecular formula is C15H23N3O. The number of likely N-dealkylation sites (tertiary alicyclic amines) is 1. The topological polar surface area (TPSA) is 58.4 Å². The maximum Gasteiger partial charge on any atom is 0.253 e. The molecule has 0 saturated carbocycles. The molecule has 1 heterocycles. The first-order chi connectivity index (χ1) is 9.08. The Hall–Kier alpha value is -1.55. The summed E-state index contributed by atoms with van der Waals surface area (Å²) in [6.07, 6.45) is 2.54. The summed E-state index contributed by atoms with van der Waals surface area (Å²) in [6.45, 7) is 7.17. The van der Waals surface area contributed by atoms with Crippen molar-refractivity contribution in [3.05, 3.63) is 29.3 Å². The van der Waals surface area contributed by atoms with E-state index in [9.17, 15) is 4.79 Å². The molecular weight excluding hydrogens is 238 g/mol. The van der Waals surface area contributed by atoms with Crippen LogP contribution < -0.4 is 11.1 Å². The van der Waals surface area contributed by atoms with Gasteiger partial charge in [0.15, 0.2) is 0 Å². The van der Waals surface area contributed by atoms with Gasteiger partial charge in [0.2, 0.25) is 0 Å². The highest BCUT2D eigenvalue weighted by atomic mass is 16.1. The van der Waals surface area contributed by atoms with E-state index in [1.54, 1.807) is 6.07 Å². The minimum absolute atomic E-state index is 0.0760. The Bertz CT molecular complexity index is 453. The number of carbonyl (C=O) groups is 1. The number of anilines is 1. The van der Waals surface area contributed by atoms with Crippen LogP contribution in [0.5, 0.6) is 0 Å². The molecule has 1 aromatic carbocycles. The lowest BCUT2D eigenvalue weighted by Gasteiger charge is -2.21. The summed E-state index contributed by atoms with van der Waals surface area (Å²) in [5.74, 6) is -0.0760.